The SMILES string of the molecule is Nc1c(Cl)cccc1C(=O)NCc1cscn1. The van der Waals surface area contributed by atoms with Crippen LogP contribution < -0.4 is 11.1 Å². The summed E-state index contributed by atoms with van der Waals surface area (Å²) in [5.41, 5.74) is 8.95. The van der Waals surface area contributed by atoms with Crippen LogP contribution in [0.4, 0.5) is 5.69 Å². The highest BCUT2D eigenvalue weighted by Crippen LogP contribution is 2.22. The van der Waals surface area contributed by atoms with Crippen LogP contribution in [0.3, 0.4) is 0 Å². The second-order valence-corrected chi connectivity index (χ2v) is 4.49. The van der Waals surface area contributed by atoms with Gasteiger partial charge in [0.15, 0.2) is 0 Å². The summed E-state index contributed by atoms with van der Waals surface area (Å²) in [4.78, 5) is 15.9. The third kappa shape index (κ3) is 2.75. The number of para-hydroxylation sites is 1. The zero-order valence-electron chi connectivity index (χ0n) is 8.81. The minimum Gasteiger partial charge on any atom is -0.397 e. The number of hydrogen-bond donors (Lipinski definition) is 2. The van der Waals surface area contributed by atoms with Gasteiger partial charge in [0.25, 0.3) is 5.91 Å². The maximum atomic E-state index is 11.8. The number of anilines is 1. The lowest BCUT2D eigenvalue weighted by atomic mass is 10.1. The zero-order chi connectivity index (χ0) is 12.3. The molecule has 0 saturated carbocycles. The summed E-state index contributed by atoms with van der Waals surface area (Å²) in [6.07, 6.45) is 0. The molecule has 3 N–H and O–H groups in total. The van der Waals surface area contributed by atoms with Gasteiger partial charge in [-0.05, 0) is 12.1 Å². The lowest BCUT2D eigenvalue weighted by Crippen LogP contribution is -2.24. The Morgan fingerprint density at radius 3 is 3.06 bits per heavy atom. The second kappa shape index (κ2) is 5.16. The highest BCUT2D eigenvalue weighted by molar-refractivity contribution is 7.07. The van der Waals surface area contributed by atoms with E-state index in [9.17, 15) is 4.79 Å². The van der Waals surface area contributed by atoms with Gasteiger partial charge in [0, 0.05) is 5.38 Å². The quantitative estimate of drug-likeness (QED) is 0.839. The van der Waals surface area contributed by atoms with E-state index in [-0.39, 0.29) is 5.91 Å². The molecule has 0 aliphatic heterocycles. The van der Waals surface area contributed by atoms with E-state index in [0.717, 1.165) is 5.69 Å². The average molecular weight is 268 g/mol. The molecule has 0 bridgehead atoms. The molecule has 0 aliphatic carbocycles. The number of nitrogens with one attached hydrogen (secondary N) is 1. The Morgan fingerprint density at radius 1 is 1.53 bits per heavy atom. The lowest BCUT2D eigenvalue weighted by molar-refractivity contribution is 0.0951. The molecule has 1 aromatic carbocycles. The number of carbonyl (C=O) groups is 1. The largest absolute Gasteiger partial charge is 0.397 e. The number of benzene rings is 1. The van der Waals surface area contributed by atoms with Crippen LogP contribution >= 0.6 is 22.9 Å². The first-order valence-corrected chi connectivity index (χ1v) is 6.20. The van der Waals surface area contributed by atoms with Crippen molar-refractivity contribution in [1.82, 2.24) is 10.3 Å². The number of amides is 1. The highest BCUT2D eigenvalue weighted by atomic mass is 35.5. The summed E-state index contributed by atoms with van der Waals surface area (Å²) >= 11 is 7.33. The van der Waals surface area contributed by atoms with E-state index >= 15 is 0 Å². The van der Waals surface area contributed by atoms with Crippen LogP contribution in [0.2, 0.25) is 5.02 Å². The van der Waals surface area contributed by atoms with Gasteiger partial charge in [-0.2, -0.15) is 0 Å². The summed E-state index contributed by atoms with van der Waals surface area (Å²) in [5.74, 6) is -0.252. The molecule has 0 aliphatic rings. The van der Waals surface area contributed by atoms with E-state index < -0.39 is 0 Å². The second-order valence-electron chi connectivity index (χ2n) is 3.36. The Balaban J connectivity index is 2.07. The van der Waals surface area contributed by atoms with Gasteiger partial charge >= 0.3 is 0 Å². The fourth-order valence-electron chi connectivity index (χ4n) is 1.33. The number of nitrogens with two attached hydrogens (primary N) is 1. The molecule has 0 fully saturated rings. The summed E-state index contributed by atoms with van der Waals surface area (Å²) < 4.78 is 0. The van der Waals surface area contributed by atoms with Crippen LogP contribution in [0.5, 0.6) is 0 Å². The molecule has 1 amide bonds. The fourth-order valence-corrected chi connectivity index (χ4v) is 2.06. The van der Waals surface area contributed by atoms with Crippen LogP contribution in [0.1, 0.15) is 16.1 Å². The molecule has 0 unspecified atom stereocenters. The predicted molar refractivity (Wildman–Crippen MR) is 69.1 cm³/mol. The van der Waals surface area contributed by atoms with Gasteiger partial charge in [-0.25, -0.2) is 4.98 Å². The van der Waals surface area contributed by atoms with Gasteiger partial charge < -0.3 is 11.1 Å². The van der Waals surface area contributed by atoms with Crippen molar-refractivity contribution in [2.75, 3.05) is 5.73 Å². The highest BCUT2D eigenvalue weighted by Gasteiger charge is 2.11. The summed E-state index contributed by atoms with van der Waals surface area (Å²) in [7, 11) is 0. The van der Waals surface area contributed by atoms with E-state index in [1.807, 2.05) is 5.38 Å². The van der Waals surface area contributed by atoms with E-state index in [4.69, 9.17) is 17.3 Å². The van der Waals surface area contributed by atoms with Crippen LogP contribution in [0, 0.1) is 0 Å². The number of aromatic nitrogens is 1. The normalized spacial score (nSPS) is 10.2. The molecule has 4 nitrogen and oxygen atoms in total. The first-order valence-electron chi connectivity index (χ1n) is 4.87. The van der Waals surface area contributed by atoms with E-state index in [1.54, 1.807) is 23.7 Å². The number of nitrogens with zero attached hydrogens (tertiary/aromatic N) is 1. The average Bonchev–Trinajstić information content (AvgIpc) is 2.82. The molecule has 6 heteroatoms. The molecule has 2 rings (SSSR count). The smallest absolute Gasteiger partial charge is 0.253 e. The molecule has 0 radical (unpaired) electrons. The van der Waals surface area contributed by atoms with Gasteiger partial charge in [-0.15, -0.1) is 11.3 Å². The fraction of sp³-hybridized carbons (Fsp3) is 0.0909. The molecule has 17 heavy (non-hydrogen) atoms. The van der Waals surface area contributed by atoms with Crippen molar-refractivity contribution in [2.45, 2.75) is 6.54 Å². The molecule has 0 spiro atoms. The van der Waals surface area contributed by atoms with Gasteiger partial charge in [0.2, 0.25) is 0 Å². The van der Waals surface area contributed by atoms with Crippen molar-refractivity contribution in [2.24, 2.45) is 0 Å². The van der Waals surface area contributed by atoms with Crippen LogP contribution in [-0.4, -0.2) is 10.9 Å². The third-order valence-corrected chi connectivity index (χ3v) is 3.18. The Morgan fingerprint density at radius 2 is 2.35 bits per heavy atom. The molecular weight excluding hydrogens is 258 g/mol. The maximum absolute atomic E-state index is 11.8. The third-order valence-electron chi connectivity index (χ3n) is 2.21. The molecule has 88 valence electrons. The summed E-state index contributed by atoms with van der Waals surface area (Å²) in [5, 5.41) is 4.99. The lowest BCUT2D eigenvalue weighted by Gasteiger charge is -2.07. The molecule has 2 aromatic rings. The monoisotopic (exact) mass is 267 g/mol. The molecule has 1 heterocycles. The van der Waals surface area contributed by atoms with Crippen LogP contribution in [0.15, 0.2) is 29.1 Å². The zero-order valence-corrected chi connectivity index (χ0v) is 10.4. The number of rotatable bonds is 3. The van der Waals surface area contributed by atoms with Gasteiger partial charge in [0.05, 0.1) is 34.0 Å². The minimum absolute atomic E-state index is 0.252. The van der Waals surface area contributed by atoms with Gasteiger partial charge in [0.1, 0.15) is 0 Å². The van der Waals surface area contributed by atoms with E-state index in [0.29, 0.717) is 22.8 Å². The van der Waals surface area contributed by atoms with Crippen molar-refractivity contribution < 1.29 is 4.79 Å². The van der Waals surface area contributed by atoms with Crippen molar-refractivity contribution in [3.63, 3.8) is 0 Å². The number of nitrogen functional groups attached to an aromatic ring is 1. The summed E-state index contributed by atoms with van der Waals surface area (Å²) in [6.45, 7) is 0.383. The first-order chi connectivity index (χ1) is 8.18. The van der Waals surface area contributed by atoms with E-state index in [1.165, 1.54) is 11.3 Å². The van der Waals surface area contributed by atoms with Crippen LogP contribution in [0.25, 0.3) is 0 Å². The van der Waals surface area contributed by atoms with Gasteiger partial charge in [-0.3, -0.25) is 4.79 Å². The molecule has 0 saturated heterocycles. The van der Waals surface area contributed by atoms with Crippen molar-refractivity contribution >= 4 is 34.5 Å². The van der Waals surface area contributed by atoms with Crippen molar-refractivity contribution in [3.05, 3.63) is 45.4 Å². The standard InChI is InChI=1S/C11H10ClN3OS/c12-9-3-1-2-8(10(9)13)11(16)14-4-7-5-17-6-15-7/h1-3,5-6H,4,13H2,(H,14,16). The maximum Gasteiger partial charge on any atom is 0.253 e. The number of halogens is 1. The first kappa shape index (κ1) is 11.9. The molecule has 1 aromatic heterocycles. The minimum atomic E-state index is -0.252. The Labute approximate surface area is 107 Å². The Hall–Kier alpha value is -1.59. The van der Waals surface area contributed by atoms with Crippen molar-refractivity contribution in [3.8, 4) is 0 Å². The number of thiazole rings is 1. The Bertz CT molecular complexity index is 528. The Kier molecular flexibility index (Phi) is 3.61. The molecular formula is C11H10ClN3OS. The van der Waals surface area contributed by atoms with E-state index in [2.05, 4.69) is 10.3 Å². The number of hydrogen-bond acceptors (Lipinski definition) is 4. The molecule has 0 atom stereocenters. The number of carbonyl (C=O) groups excluding carboxylic acids is 1. The predicted octanol–water partition coefficient (Wildman–Crippen LogP) is 2.31. The van der Waals surface area contributed by atoms with Crippen LogP contribution in [-0.2, 0) is 6.54 Å². The topological polar surface area (TPSA) is 68.0 Å². The van der Waals surface area contributed by atoms with Crippen molar-refractivity contribution in [1.29, 1.82) is 0 Å². The summed E-state index contributed by atoms with van der Waals surface area (Å²) in [6, 6.07) is 4.97. The van der Waals surface area contributed by atoms with Gasteiger partial charge in [-0.1, -0.05) is 17.7 Å².